The van der Waals surface area contributed by atoms with Gasteiger partial charge >= 0.3 is 5.97 Å². The van der Waals surface area contributed by atoms with Gasteiger partial charge in [-0.2, -0.15) is 0 Å². The Bertz CT molecular complexity index is 757. The summed E-state index contributed by atoms with van der Waals surface area (Å²) >= 11 is 0. The predicted octanol–water partition coefficient (Wildman–Crippen LogP) is 5.17. The summed E-state index contributed by atoms with van der Waals surface area (Å²) in [6.45, 7) is 1.57. The van der Waals surface area contributed by atoms with Crippen molar-refractivity contribution in [3.8, 4) is 0 Å². The van der Waals surface area contributed by atoms with Crippen LogP contribution in [0.2, 0.25) is 0 Å². The molecule has 0 bridgehead atoms. The molecular weight excluding hydrogens is 432 g/mol. The molecule has 4 aliphatic rings. The Morgan fingerprint density at radius 2 is 1.71 bits per heavy atom. The molecule has 6 heteroatoms. The Hall–Kier alpha value is -1.47. The maximum Gasteiger partial charge on any atom is 0.306 e. The van der Waals surface area contributed by atoms with E-state index in [2.05, 4.69) is 30.3 Å². The SMILES string of the molecule is O=C1C[C@H]2C(C[C@@H](OC3CCCCO3)[C@@H]2CC[C@H](CCc2ccccc2)OC2CCCCO2)O1. The van der Waals surface area contributed by atoms with E-state index in [1.807, 2.05) is 0 Å². The average Bonchev–Trinajstić information content (AvgIpc) is 3.38. The molecule has 4 fully saturated rings. The molecule has 1 aliphatic carbocycles. The van der Waals surface area contributed by atoms with Crippen LogP contribution in [0.3, 0.4) is 0 Å². The molecule has 0 spiro atoms. The molecule has 34 heavy (non-hydrogen) atoms. The molecule has 1 saturated carbocycles. The Morgan fingerprint density at radius 3 is 2.44 bits per heavy atom. The molecule has 6 nitrogen and oxygen atoms in total. The first-order valence-corrected chi connectivity index (χ1v) is 13.5. The number of carbonyl (C=O) groups excluding carboxylic acids is 1. The summed E-state index contributed by atoms with van der Waals surface area (Å²) in [5, 5.41) is 0. The number of hydrogen-bond donors (Lipinski definition) is 0. The van der Waals surface area contributed by atoms with Crippen LogP contribution in [0.4, 0.5) is 0 Å². The van der Waals surface area contributed by atoms with Crippen molar-refractivity contribution < 1.29 is 28.5 Å². The Morgan fingerprint density at radius 1 is 0.941 bits per heavy atom. The maximum absolute atomic E-state index is 12.0. The normalized spacial score (nSPS) is 34.5. The zero-order chi connectivity index (χ0) is 23.2. The van der Waals surface area contributed by atoms with Gasteiger partial charge < -0.3 is 23.7 Å². The van der Waals surface area contributed by atoms with E-state index in [0.29, 0.717) is 12.3 Å². The highest BCUT2D eigenvalue weighted by molar-refractivity contribution is 5.72. The number of benzene rings is 1. The standard InChI is InChI=1S/C28H40O6/c29-26-18-23-22(24(19-25(23)33-26)34-28-11-5-7-17-31-28)15-14-21(32-27-10-4-6-16-30-27)13-12-20-8-2-1-3-9-20/h1-3,8-9,21-25,27-28H,4-7,10-19H2/t21-,22+,23+,24+,25?,27?,28?/m0/s1. The van der Waals surface area contributed by atoms with Crippen molar-refractivity contribution in [2.45, 2.75) is 108 Å². The van der Waals surface area contributed by atoms with Crippen LogP contribution in [0, 0.1) is 11.8 Å². The summed E-state index contributed by atoms with van der Waals surface area (Å²) < 4.78 is 30.4. The van der Waals surface area contributed by atoms with Crippen molar-refractivity contribution in [3.05, 3.63) is 35.9 Å². The number of carbonyl (C=O) groups is 1. The van der Waals surface area contributed by atoms with Gasteiger partial charge in [0, 0.05) is 25.6 Å². The molecule has 0 N–H and O–H groups in total. The lowest BCUT2D eigenvalue weighted by Crippen LogP contribution is -2.33. The van der Waals surface area contributed by atoms with E-state index in [1.54, 1.807) is 0 Å². The van der Waals surface area contributed by atoms with Crippen LogP contribution in [0.25, 0.3) is 0 Å². The van der Waals surface area contributed by atoms with E-state index >= 15 is 0 Å². The van der Waals surface area contributed by atoms with E-state index in [4.69, 9.17) is 23.7 Å². The number of ether oxygens (including phenoxy) is 5. The summed E-state index contributed by atoms with van der Waals surface area (Å²) in [4.78, 5) is 12.0. The number of hydrogen-bond acceptors (Lipinski definition) is 6. The second kappa shape index (κ2) is 12.0. The molecule has 5 rings (SSSR count). The largest absolute Gasteiger partial charge is 0.462 e. The lowest BCUT2D eigenvalue weighted by atomic mass is 9.86. The van der Waals surface area contributed by atoms with E-state index in [9.17, 15) is 4.79 Å². The van der Waals surface area contributed by atoms with Gasteiger partial charge in [0.25, 0.3) is 0 Å². The van der Waals surface area contributed by atoms with Gasteiger partial charge in [-0.3, -0.25) is 4.79 Å². The van der Waals surface area contributed by atoms with Crippen LogP contribution in [0.1, 0.15) is 76.2 Å². The summed E-state index contributed by atoms with van der Waals surface area (Å²) in [7, 11) is 0. The minimum atomic E-state index is -0.114. The lowest BCUT2D eigenvalue weighted by Gasteiger charge is -2.32. The molecular formula is C28H40O6. The smallest absolute Gasteiger partial charge is 0.306 e. The van der Waals surface area contributed by atoms with Gasteiger partial charge in [0.15, 0.2) is 12.6 Å². The molecule has 0 amide bonds. The van der Waals surface area contributed by atoms with E-state index in [1.165, 1.54) is 12.0 Å². The highest BCUT2D eigenvalue weighted by atomic mass is 16.7. The van der Waals surface area contributed by atoms with Crippen LogP contribution >= 0.6 is 0 Å². The fourth-order valence-corrected chi connectivity index (χ4v) is 6.19. The van der Waals surface area contributed by atoms with Gasteiger partial charge in [-0.15, -0.1) is 0 Å². The molecule has 0 radical (unpaired) electrons. The molecule has 1 aromatic rings. The Balaban J connectivity index is 1.22. The van der Waals surface area contributed by atoms with Crippen LogP contribution < -0.4 is 0 Å². The van der Waals surface area contributed by atoms with Crippen LogP contribution in [0.5, 0.6) is 0 Å². The second-order valence-electron chi connectivity index (χ2n) is 10.4. The van der Waals surface area contributed by atoms with E-state index in [-0.39, 0.29) is 42.8 Å². The van der Waals surface area contributed by atoms with Crippen LogP contribution in [-0.2, 0) is 34.9 Å². The summed E-state index contributed by atoms with van der Waals surface area (Å²) in [6, 6.07) is 10.6. The molecule has 7 atom stereocenters. The predicted molar refractivity (Wildman–Crippen MR) is 127 cm³/mol. The van der Waals surface area contributed by atoms with E-state index in [0.717, 1.165) is 77.4 Å². The third-order valence-corrected chi connectivity index (χ3v) is 8.02. The second-order valence-corrected chi connectivity index (χ2v) is 10.4. The lowest BCUT2D eigenvalue weighted by molar-refractivity contribution is -0.201. The summed E-state index contributed by atoms with van der Waals surface area (Å²) in [5.41, 5.74) is 1.34. The first kappa shape index (κ1) is 24.2. The number of fused-ring (bicyclic) bond motifs is 1. The average molecular weight is 473 g/mol. The molecule has 0 aromatic heterocycles. The van der Waals surface area contributed by atoms with Crippen molar-refractivity contribution >= 4 is 5.97 Å². The van der Waals surface area contributed by atoms with Crippen LogP contribution in [-0.4, -0.2) is 50.1 Å². The van der Waals surface area contributed by atoms with Gasteiger partial charge in [0.1, 0.15) is 6.10 Å². The van der Waals surface area contributed by atoms with E-state index < -0.39 is 0 Å². The van der Waals surface area contributed by atoms with Gasteiger partial charge in [-0.1, -0.05) is 30.3 Å². The number of rotatable bonds is 10. The molecule has 3 saturated heterocycles. The summed E-state index contributed by atoms with van der Waals surface area (Å²) in [6.07, 6.45) is 11.7. The first-order valence-electron chi connectivity index (χ1n) is 13.5. The highest BCUT2D eigenvalue weighted by Crippen LogP contribution is 2.46. The van der Waals surface area contributed by atoms with Crippen LogP contribution in [0.15, 0.2) is 30.3 Å². The zero-order valence-corrected chi connectivity index (χ0v) is 20.3. The fraction of sp³-hybridized carbons (Fsp3) is 0.750. The molecule has 3 heterocycles. The van der Waals surface area contributed by atoms with Crippen molar-refractivity contribution in [1.29, 1.82) is 0 Å². The summed E-state index contributed by atoms with van der Waals surface area (Å²) in [5.74, 6) is 0.499. The van der Waals surface area contributed by atoms with Gasteiger partial charge in [-0.25, -0.2) is 0 Å². The quantitative estimate of drug-likeness (QED) is 0.438. The number of aryl methyl sites for hydroxylation is 1. The molecule has 3 aliphatic heterocycles. The zero-order valence-electron chi connectivity index (χ0n) is 20.3. The van der Waals surface area contributed by atoms with Crippen molar-refractivity contribution in [2.75, 3.05) is 13.2 Å². The first-order chi connectivity index (χ1) is 16.7. The Kier molecular flexibility index (Phi) is 8.54. The topological polar surface area (TPSA) is 63.2 Å². The molecule has 1 aromatic carbocycles. The maximum atomic E-state index is 12.0. The fourth-order valence-electron chi connectivity index (χ4n) is 6.19. The van der Waals surface area contributed by atoms with Gasteiger partial charge in [0.2, 0.25) is 0 Å². The van der Waals surface area contributed by atoms with Gasteiger partial charge in [-0.05, 0) is 75.7 Å². The van der Waals surface area contributed by atoms with Crippen molar-refractivity contribution in [1.82, 2.24) is 0 Å². The molecule has 3 unspecified atom stereocenters. The third kappa shape index (κ3) is 6.39. The number of esters is 1. The molecule has 188 valence electrons. The third-order valence-electron chi connectivity index (χ3n) is 8.02. The Labute approximate surface area is 203 Å². The van der Waals surface area contributed by atoms with Gasteiger partial charge in [0.05, 0.1) is 18.6 Å². The highest BCUT2D eigenvalue weighted by Gasteiger charge is 2.51. The minimum absolute atomic E-state index is 0.00328. The van der Waals surface area contributed by atoms with Crippen molar-refractivity contribution in [3.63, 3.8) is 0 Å². The van der Waals surface area contributed by atoms with Crippen molar-refractivity contribution in [2.24, 2.45) is 11.8 Å². The monoisotopic (exact) mass is 472 g/mol. The minimum Gasteiger partial charge on any atom is -0.462 e.